The molecule has 2 aromatic rings. The van der Waals surface area contributed by atoms with Gasteiger partial charge < -0.3 is 13.9 Å². The van der Waals surface area contributed by atoms with Crippen molar-refractivity contribution in [1.82, 2.24) is 0 Å². The maximum Gasteiger partial charge on any atom is 0.137 e. The van der Waals surface area contributed by atoms with Crippen LogP contribution in [0.3, 0.4) is 0 Å². The quantitative estimate of drug-likeness (QED) is 0.575. The van der Waals surface area contributed by atoms with E-state index in [1.54, 1.807) is 0 Å². The van der Waals surface area contributed by atoms with Crippen molar-refractivity contribution >= 4 is 0 Å². The second-order valence-electron chi connectivity index (χ2n) is 10.3. The molecule has 2 aromatic carbocycles. The molecule has 0 aliphatic carbocycles. The highest BCUT2D eigenvalue weighted by molar-refractivity contribution is 5.31. The number of nitrogens with zero attached hydrogens (tertiary/aromatic N) is 1. The zero-order chi connectivity index (χ0) is 22.1. The number of benzene rings is 2. The Labute approximate surface area is 182 Å². The second-order valence-corrected chi connectivity index (χ2v) is 10.3. The first-order valence-corrected chi connectivity index (χ1v) is 10.2. The smallest absolute Gasteiger partial charge is 0.137 e. The van der Waals surface area contributed by atoms with Crippen LogP contribution in [0.25, 0.3) is 0 Å². The van der Waals surface area contributed by atoms with E-state index in [2.05, 4.69) is 103 Å². The Morgan fingerprint density at radius 2 is 1.40 bits per heavy atom. The Bertz CT molecular complexity index is 714. The van der Waals surface area contributed by atoms with Gasteiger partial charge in [0, 0.05) is 16.1 Å². The zero-order valence-electron chi connectivity index (χ0n) is 19.5. The first-order chi connectivity index (χ1) is 13.5. The third kappa shape index (κ3) is 10.1. The van der Waals surface area contributed by atoms with Crippen molar-refractivity contribution in [2.75, 3.05) is 27.2 Å². The number of likely N-dealkylation sites (N-methyl/N-ethyl adjacent to an activating group) is 1. The fraction of sp³-hybridized carbons (Fsp3) is 0.520. The molecule has 0 atom stereocenters. The van der Waals surface area contributed by atoms with Crippen molar-refractivity contribution in [3.05, 3.63) is 65.7 Å². The first-order valence-electron chi connectivity index (χ1n) is 10.2. The molecule has 0 aliphatic heterocycles. The molecule has 0 fully saturated rings. The van der Waals surface area contributed by atoms with Gasteiger partial charge in [-0.1, -0.05) is 77.1 Å². The Kier molecular flexibility index (Phi) is 11.2. The molecule has 30 heavy (non-hydrogen) atoms. The summed E-state index contributed by atoms with van der Waals surface area (Å²) < 4.78 is 22.9. The molecule has 2 rings (SSSR count). The van der Waals surface area contributed by atoms with E-state index >= 15 is 0 Å². The Balaban J connectivity index is 0. The van der Waals surface area contributed by atoms with Gasteiger partial charge in [0.2, 0.25) is 0 Å². The molecule has 0 saturated carbocycles. The fourth-order valence-corrected chi connectivity index (χ4v) is 4.00. The molecule has 0 bridgehead atoms. The number of halogens is 3. The molecule has 0 saturated heterocycles. The van der Waals surface area contributed by atoms with E-state index in [1.165, 1.54) is 11.1 Å². The SMILES string of the molecule is CC(C)(C)CC(C)(C)c1ccc(OCC[N+](C)(C)Cc2ccccc2)cc1.FF.[F-].[HH]. The minimum atomic E-state index is 0. The molecule has 0 unspecified atom stereocenters. The van der Waals surface area contributed by atoms with Crippen molar-refractivity contribution in [2.45, 2.75) is 53.0 Å². The van der Waals surface area contributed by atoms with Gasteiger partial charge in [-0.2, -0.15) is 0 Å². The van der Waals surface area contributed by atoms with Crippen LogP contribution in [-0.2, 0) is 12.0 Å². The lowest BCUT2D eigenvalue weighted by molar-refractivity contribution is -0.903. The van der Waals surface area contributed by atoms with Crippen molar-refractivity contribution < 1.29 is 24.5 Å². The highest BCUT2D eigenvalue weighted by Gasteiger charge is 2.27. The van der Waals surface area contributed by atoms with Gasteiger partial charge in [0.25, 0.3) is 0 Å². The summed E-state index contributed by atoms with van der Waals surface area (Å²) in [5.41, 5.74) is 3.24. The van der Waals surface area contributed by atoms with Crippen LogP contribution in [0.5, 0.6) is 5.75 Å². The number of rotatable bonds is 8. The van der Waals surface area contributed by atoms with Crippen LogP contribution in [0.1, 0.15) is 53.6 Å². The van der Waals surface area contributed by atoms with Crippen molar-refractivity contribution in [1.29, 1.82) is 0 Å². The minimum Gasteiger partial charge on any atom is -1.00 e. The molecule has 0 amide bonds. The summed E-state index contributed by atoms with van der Waals surface area (Å²) in [5, 5.41) is 0. The van der Waals surface area contributed by atoms with Gasteiger partial charge in [-0.05, 0) is 34.9 Å². The maximum absolute atomic E-state index is 8.00. The van der Waals surface area contributed by atoms with Gasteiger partial charge in [-0.25, -0.2) is 0 Å². The predicted octanol–water partition coefficient (Wildman–Crippen LogP) is 4.15. The molecular formula is C25H40F3NO. The first kappa shape index (κ1) is 28.0. The number of hydrogen-bond acceptors (Lipinski definition) is 1. The van der Waals surface area contributed by atoms with E-state index in [9.17, 15) is 0 Å². The summed E-state index contributed by atoms with van der Waals surface area (Å²) in [6.07, 6.45) is 1.16. The summed E-state index contributed by atoms with van der Waals surface area (Å²) in [5.74, 6) is 0.963. The molecule has 0 radical (unpaired) electrons. The number of quaternary nitrogens is 1. The molecule has 0 N–H and O–H groups in total. The van der Waals surface area contributed by atoms with Crippen LogP contribution in [0.4, 0.5) is 9.15 Å². The summed E-state index contributed by atoms with van der Waals surface area (Å²) in [6.45, 7) is 14.3. The van der Waals surface area contributed by atoms with E-state index < -0.39 is 0 Å². The van der Waals surface area contributed by atoms with Crippen LogP contribution in [0.15, 0.2) is 54.6 Å². The molecule has 0 aromatic heterocycles. The van der Waals surface area contributed by atoms with Crippen LogP contribution < -0.4 is 9.44 Å². The lowest BCUT2D eigenvalue weighted by atomic mass is 9.72. The largest absolute Gasteiger partial charge is 1.00 e. The number of hydrogen-bond donors (Lipinski definition) is 0. The normalized spacial score (nSPS) is 11.8. The maximum atomic E-state index is 8.00. The van der Waals surface area contributed by atoms with Crippen LogP contribution in [0.2, 0.25) is 0 Å². The van der Waals surface area contributed by atoms with E-state index in [0.29, 0.717) is 5.41 Å². The van der Waals surface area contributed by atoms with Gasteiger partial charge in [0.1, 0.15) is 25.4 Å². The fourth-order valence-electron chi connectivity index (χ4n) is 4.00. The van der Waals surface area contributed by atoms with Gasteiger partial charge in [0.05, 0.1) is 14.1 Å². The van der Waals surface area contributed by atoms with Crippen molar-refractivity contribution in [3.63, 3.8) is 0 Å². The van der Waals surface area contributed by atoms with Crippen LogP contribution in [-0.4, -0.2) is 31.7 Å². The standard InChI is InChI=1S/C25H38NO.F2.FH.H2/c1-24(2,3)20-25(4,5)22-13-15-23(16-14-22)27-18-17-26(6,7)19-21-11-9-8-10-12-21;1-2;;/h8-16H,17-20H2,1-7H3;;2*1H/q+1;;;/p-1. The topological polar surface area (TPSA) is 9.23 Å². The zero-order valence-corrected chi connectivity index (χ0v) is 19.5. The molecule has 0 aliphatic rings. The monoisotopic (exact) mass is 427 g/mol. The van der Waals surface area contributed by atoms with Crippen molar-refractivity contribution in [3.8, 4) is 5.75 Å². The third-order valence-electron chi connectivity index (χ3n) is 5.03. The summed E-state index contributed by atoms with van der Waals surface area (Å²) in [7, 11) is 4.52. The molecule has 0 heterocycles. The van der Waals surface area contributed by atoms with Crippen molar-refractivity contribution in [2.24, 2.45) is 5.41 Å². The van der Waals surface area contributed by atoms with Crippen LogP contribution >= 0.6 is 0 Å². The lowest BCUT2D eigenvalue weighted by Crippen LogP contribution is -3.00. The van der Waals surface area contributed by atoms with E-state index in [0.717, 1.165) is 36.3 Å². The highest BCUT2D eigenvalue weighted by Crippen LogP contribution is 2.36. The van der Waals surface area contributed by atoms with Gasteiger partial charge in [-0.15, -0.1) is 0 Å². The van der Waals surface area contributed by atoms with Gasteiger partial charge >= 0.3 is 0 Å². The van der Waals surface area contributed by atoms with E-state index in [1.807, 2.05) is 0 Å². The lowest BCUT2D eigenvalue weighted by Gasteiger charge is -2.33. The average molecular weight is 428 g/mol. The Hall–Kier alpha value is -2.01. The average Bonchev–Trinajstić information content (AvgIpc) is 2.62. The predicted molar refractivity (Wildman–Crippen MR) is 120 cm³/mol. The molecule has 2 nitrogen and oxygen atoms in total. The Morgan fingerprint density at radius 1 is 0.867 bits per heavy atom. The highest BCUT2D eigenvalue weighted by atomic mass is 20.0. The second kappa shape index (κ2) is 12.0. The van der Waals surface area contributed by atoms with E-state index in [-0.39, 0.29) is 11.5 Å². The third-order valence-corrected chi connectivity index (χ3v) is 5.03. The Morgan fingerprint density at radius 3 is 1.90 bits per heavy atom. The van der Waals surface area contributed by atoms with Gasteiger partial charge in [0.15, 0.2) is 0 Å². The summed E-state index contributed by atoms with van der Waals surface area (Å²) >= 11 is 0. The van der Waals surface area contributed by atoms with Crippen LogP contribution in [0, 0.1) is 5.41 Å². The van der Waals surface area contributed by atoms with Gasteiger partial charge in [-0.3, -0.25) is 0 Å². The van der Waals surface area contributed by atoms with E-state index in [4.69, 9.17) is 13.9 Å². The molecule has 5 heteroatoms. The minimum absolute atomic E-state index is 0. The molecular weight excluding hydrogens is 387 g/mol. The number of ether oxygens (including phenoxy) is 1. The molecule has 172 valence electrons. The summed E-state index contributed by atoms with van der Waals surface area (Å²) in [6, 6.07) is 19.4. The molecule has 0 spiro atoms. The summed E-state index contributed by atoms with van der Waals surface area (Å²) in [4.78, 5) is 0.